The highest BCUT2D eigenvalue weighted by Crippen LogP contribution is 2.59. The number of nitrogens with zero attached hydrogens (tertiary/aromatic N) is 2. The predicted molar refractivity (Wildman–Crippen MR) is 97.6 cm³/mol. The lowest BCUT2D eigenvalue weighted by Crippen LogP contribution is -2.50. The van der Waals surface area contributed by atoms with Gasteiger partial charge >= 0.3 is 0 Å². The molecule has 0 unspecified atom stereocenters. The second-order valence-corrected chi connectivity index (χ2v) is 7.70. The van der Waals surface area contributed by atoms with Crippen molar-refractivity contribution in [1.29, 1.82) is 0 Å². The van der Waals surface area contributed by atoms with Crippen LogP contribution >= 0.6 is 0 Å². The maximum absolute atomic E-state index is 12.8. The van der Waals surface area contributed by atoms with E-state index < -0.39 is 0 Å². The van der Waals surface area contributed by atoms with Crippen molar-refractivity contribution in [3.63, 3.8) is 0 Å². The highest BCUT2D eigenvalue weighted by atomic mass is 16.5. The number of ether oxygens (including phenoxy) is 1. The van der Waals surface area contributed by atoms with Gasteiger partial charge < -0.3 is 15.0 Å². The van der Waals surface area contributed by atoms with E-state index >= 15 is 0 Å². The smallest absolute Gasteiger partial charge is 0.226 e. The van der Waals surface area contributed by atoms with Gasteiger partial charge in [-0.3, -0.25) is 9.69 Å². The summed E-state index contributed by atoms with van der Waals surface area (Å²) in [5.41, 5.74) is 0.350. The van der Waals surface area contributed by atoms with Gasteiger partial charge in [-0.05, 0) is 49.9 Å². The number of hydrogen-bond acceptors (Lipinski definition) is 4. The van der Waals surface area contributed by atoms with E-state index in [1.54, 1.807) is 0 Å². The summed E-state index contributed by atoms with van der Waals surface area (Å²) in [6.45, 7) is 7.46. The standard InChI is InChI=1S/C20H29N3O2/c24-19(18-16-20(18)6-8-21-9-7-20)23-12-10-22(11-13-23)14-15-25-17-4-2-1-3-5-17/h1-5,18,21H,6-16H2/t18-/m1/s1. The zero-order chi connectivity index (χ0) is 17.1. The number of nitrogens with one attached hydrogen (secondary N) is 1. The lowest BCUT2D eigenvalue weighted by atomic mass is 9.91. The van der Waals surface area contributed by atoms with Crippen LogP contribution in [0.1, 0.15) is 19.3 Å². The van der Waals surface area contributed by atoms with Gasteiger partial charge in [0.25, 0.3) is 0 Å². The maximum Gasteiger partial charge on any atom is 0.226 e. The van der Waals surface area contributed by atoms with Crippen LogP contribution in [0, 0.1) is 11.3 Å². The van der Waals surface area contributed by atoms with Crippen LogP contribution in [0.15, 0.2) is 30.3 Å². The van der Waals surface area contributed by atoms with Crippen molar-refractivity contribution in [1.82, 2.24) is 15.1 Å². The summed E-state index contributed by atoms with van der Waals surface area (Å²) < 4.78 is 5.78. The summed E-state index contributed by atoms with van der Waals surface area (Å²) in [6, 6.07) is 9.96. The summed E-state index contributed by atoms with van der Waals surface area (Å²) in [6.07, 6.45) is 3.49. The molecule has 2 heterocycles. The molecule has 1 aromatic carbocycles. The van der Waals surface area contributed by atoms with Crippen LogP contribution in [0.25, 0.3) is 0 Å². The number of carbonyl (C=O) groups is 1. The molecule has 1 N–H and O–H groups in total. The fourth-order valence-corrected chi connectivity index (χ4v) is 4.40. The van der Waals surface area contributed by atoms with Crippen LogP contribution < -0.4 is 10.1 Å². The van der Waals surface area contributed by atoms with Crippen LogP contribution in [-0.4, -0.2) is 68.1 Å². The van der Waals surface area contributed by atoms with Gasteiger partial charge in [-0.2, -0.15) is 0 Å². The minimum absolute atomic E-state index is 0.308. The van der Waals surface area contributed by atoms with Gasteiger partial charge in [-0.15, -0.1) is 0 Å². The molecule has 1 atom stereocenters. The Morgan fingerprint density at radius 3 is 2.56 bits per heavy atom. The number of rotatable bonds is 5. The number of piperidine rings is 1. The second kappa shape index (κ2) is 7.34. The molecular formula is C20H29N3O2. The molecule has 5 nitrogen and oxygen atoms in total. The maximum atomic E-state index is 12.8. The molecule has 3 fully saturated rings. The third-order valence-corrected chi connectivity index (χ3v) is 6.19. The molecule has 136 valence electrons. The summed E-state index contributed by atoms with van der Waals surface area (Å²) in [7, 11) is 0. The van der Waals surface area contributed by atoms with Gasteiger partial charge in [-0.1, -0.05) is 18.2 Å². The van der Waals surface area contributed by atoms with E-state index in [4.69, 9.17) is 4.74 Å². The van der Waals surface area contributed by atoms with Crippen molar-refractivity contribution in [2.24, 2.45) is 11.3 Å². The minimum Gasteiger partial charge on any atom is -0.492 e. The van der Waals surface area contributed by atoms with Gasteiger partial charge in [0.05, 0.1) is 0 Å². The number of para-hydroxylation sites is 1. The third kappa shape index (κ3) is 3.82. The average Bonchev–Trinajstić information content (AvgIpc) is 3.36. The molecule has 1 aliphatic carbocycles. The highest BCUT2D eigenvalue weighted by Gasteiger charge is 2.58. The Bertz CT molecular complexity index is 578. The first kappa shape index (κ1) is 16.9. The first-order valence-corrected chi connectivity index (χ1v) is 9.67. The molecule has 1 spiro atoms. The third-order valence-electron chi connectivity index (χ3n) is 6.19. The van der Waals surface area contributed by atoms with Crippen molar-refractivity contribution >= 4 is 5.91 Å². The fraction of sp³-hybridized carbons (Fsp3) is 0.650. The molecule has 1 saturated carbocycles. The normalized spacial score (nSPS) is 25.8. The van der Waals surface area contributed by atoms with Crippen molar-refractivity contribution in [3.05, 3.63) is 30.3 Å². The molecule has 4 rings (SSSR count). The van der Waals surface area contributed by atoms with E-state index in [0.29, 0.717) is 23.8 Å². The number of piperazine rings is 1. The van der Waals surface area contributed by atoms with Gasteiger partial charge in [0.2, 0.25) is 5.91 Å². The van der Waals surface area contributed by atoms with Crippen LogP contribution in [0.4, 0.5) is 0 Å². The van der Waals surface area contributed by atoms with E-state index in [2.05, 4.69) is 15.1 Å². The Morgan fingerprint density at radius 2 is 1.84 bits per heavy atom. The zero-order valence-corrected chi connectivity index (χ0v) is 15.0. The average molecular weight is 343 g/mol. The first-order chi connectivity index (χ1) is 12.3. The summed E-state index contributed by atoms with van der Waals surface area (Å²) >= 11 is 0. The zero-order valence-electron chi connectivity index (χ0n) is 15.0. The molecule has 5 heteroatoms. The quantitative estimate of drug-likeness (QED) is 0.882. The number of carbonyl (C=O) groups excluding carboxylic acids is 1. The highest BCUT2D eigenvalue weighted by molar-refractivity contribution is 5.82. The largest absolute Gasteiger partial charge is 0.492 e. The van der Waals surface area contributed by atoms with E-state index in [9.17, 15) is 4.79 Å². The van der Waals surface area contributed by atoms with Gasteiger partial charge in [0.15, 0.2) is 0 Å². The van der Waals surface area contributed by atoms with Gasteiger partial charge in [0, 0.05) is 38.6 Å². The Labute approximate surface area is 150 Å². The van der Waals surface area contributed by atoms with Crippen molar-refractivity contribution in [2.75, 3.05) is 52.4 Å². The molecular weight excluding hydrogens is 314 g/mol. The van der Waals surface area contributed by atoms with Gasteiger partial charge in [-0.25, -0.2) is 0 Å². The molecule has 0 radical (unpaired) electrons. The molecule has 2 aliphatic heterocycles. The predicted octanol–water partition coefficient (Wildman–Crippen LogP) is 1.60. The molecule has 2 saturated heterocycles. The van der Waals surface area contributed by atoms with Crippen LogP contribution in [0.5, 0.6) is 5.75 Å². The topological polar surface area (TPSA) is 44.8 Å². The van der Waals surface area contributed by atoms with Crippen LogP contribution in [0.3, 0.4) is 0 Å². The molecule has 25 heavy (non-hydrogen) atoms. The summed E-state index contributed by atoms with van der Waals surface area (Å²) in [5, 5.41) is 3.41. The molecule has 0 aromatic heterocycles. The Hall–Kier alpha value is -1.59. The Kier molecular flexibility index (Phi) is 4.95. The van der Waals surface area contributed by atoms with E-state index in [0.717, 1.165) is 58.0 Å². The molecule has 3 aliphatic rings. The van der Waals surface area contributed by atoms with Crippen LogP contribution in [-0.2, 0) is 4.79 Å². The van der Waals surface area contributed by atoms with E-state index in [1.165, 1.54) is 12.8 Å². The Morgan fingerprint density at radius 1 is 1.12 bits per heavy atom. The fourth-order valence-electron chi connectivity index (χ4n) is 4.40. The van der Waals surface area contributed by atoms with Crippen molar-refractivity contribution in [2.45, 2.75) is 19.3 Å². The van der Waals surface area contributed by atoms with E-state index in [1.807, 2.05) is 30.3 Å². The second-order valence-electron chi connectivity index (χ2n) is 7.70. The SMILES string of the molecule is O=C([C@H]1CC12CCNCC2)N1CCN(CCOc2ccccc2)CC1. The van der Waals surface area contributed by atoms with Crippen LogP contribution in [0.2, 0.25) is 0 Å². The Balaban J connectivity index is 1.18. The number of benzene rings is 1. The minimum atomic E-state index is 0.308. The first-order valence-electron chi connectivity index (χ1n) is 9.67. The molecule has 1 aromatic rings. The molecule has 0 bridgehead atoms. The number of hydrogen-bond donors (Lipinski definition) is 1. The summed E-state index contributed by atoms with van der Waals surface area (Å²) in [5.74, 6) is 1.65. The molecule has 1 amide bonds. The van der Waals surface area contributed by atoms with Crippen molar-refractivity contribution in [3.8, 4) is 5.75 Å². The van der Waals surface area contributed by atoms with Gasteiger partial charge in [0.1, 0.15) is 12.4 Å². The lowest BCUT2D eigenvalue weighted by molar-refractivity contribution is -0.135. The summed E-state index contributed by atoms with van der Waals surface area (Å²) in [4.78, 5) is 17.3. The number of amides is 1. The monoisotopic (exact) mass is 343 g/mol. The lowest BCUT2D eigenvalue weighted by Gasteiger charge is -2.35. The van der Waals surface area contributed by atoms with Crippen molar-refractivity contribution < 1.29 is 9.53 Å². The van der Waals surface area contributed by atoms with E-state index in [-0.39, 0.29) is 0 Å².